The predicted octanol–water partition coefficient (Wildman–Crippen LogP) is 5.30. The van der Waals surface area contributed by atoms with Gasteiger partial charge in [-0.2, -0.15) is 0 Å². The SMILES string of the molecule is COc1ccc2cc(CN(C)C(=O)CSc3nnc(-c4cccc(Cl)c4)o3)ccc2c1. The van der Waals surface area contributed by atoms with Gasteiger partial charge in [0.15, 0.2) is 0 Å². The number of fused-ring (bicyclic) bond motifs is 1. The fraction of sp³-hybridized carbons (Fsp3) is 0.174. The lowest BCUT2D eigenvalue weighted by Crippen LogP contribution is -2.27. The van der Waals surface area contributed by atoms with Crippen LogP contribution in [-0.4, -0.2) is 40.9 Å². The largest absolute Gasteiger partial charge is 0.497 e. The summed E-state index contributed by atoms with van der Waals surface area (Å²) in [6, 6.07) is 19.3. The van der Waals surface area contributed by atoms with Crippen molar-refractivity contribution in [3.63, 3.8) is 0 Å². The third-order valence-electron chi connectivity index (χ3n) is 4.75. The Bertz CT molecular complexity index is 1230. The molecule has 0 radical (unpaired) electrons. The second-order valence-electron chi connectivity index (χ2n) is 6.97. The van der Waals surface area contributed by atoms with Crippen molar-refractivity contribution >= 4 is 40.0 Å². The van der Waals surface area contributed by atoms with Crippen molar-refractivity contribution in [1.82, 2.24) is 15.1 Å². The van der Waals surface area contributed by atoms with Crippen LogP contribution in [0.1, 0.15) is 5.56 Å². The highest BCUT2D eigenvalue weighted by Gasteiger charge is 2.14. The number of carbonyl (C=O) groups is 1. The third kappa shape index (κ3) is 5.18. The highest BCUT2D eigenvalue weighted by atomic mass is 35.5. The lowest BCUT2D eigenvalue weighted by Gasteiger charge is -2.17. The Morgan fingerprint density at radius 3 is 2.71 bits per heavy atom. The summed E-state index contributed by atoms with van der Waals surface area (Å²) in [7, 11) is 3.44. The molecule has 3 aromatic carbocycles. The summed E-state index contributed by atoms with van der Waals surface area (Å²) in [6.45, 7) is 0.513. The molecule has 31 heavy (non-hydrogen) atoms. The van der Waals surface area contributed by atoms with E-state index in [4.69, 9.17) is 20.8 Å². The lowest BCUT2D eigenvalue weighted by atomic mass is 10.1. The molecule has 0 aliphatic heterocycles. The first-order chi connectivity index (χ1) is 15.0. The number of amides is 1. The number of carbonyl (C=O) groups excluding carboxylic acids is 1. The van der Waals surface area contributed by atoms with Gasteiger partial charge in [0.05, 0.1) is 12.9 Å². The van der Waals surface area contributed by atoms with E-state index in [2.05, 4.69) is 16.3 Å². The van der Waals surface area contributed by atoms with Crippen molar-refractivity contribution in [3.05, 3.63) is 71.2 Å². The van der Waals surface area contributed by atoms with E-state index in [1.165, 1.54) is 11.8 Å². The fourth-order valence-corrected chi connectivity index (χ4v) is 3.99. The van der Waals surface area contributed by atoms with Gasteiger partial charge in [0, 0.05) is 24.2 Å². The molecule has 0 spiro atoms. The molecule has 0 N–H and O–H groups in total. The smallest absolute Gasteiger partial charge is 0.277 e. The van der Waals surface area contributed by atoms with Crippen LogP contribution in [0.3, 0.4) is 0 Å². The molecule has 0 atom stereocenters. The number of ether oxygens (including phenoxy) is 1. The van der Waals surface area contributed by atoms with Gasteiger partial charge in [-0.1, -0.05) is 47.6 Å². The van der Waals surface area contributed by atoms with Gasteiger partial charge in [-0.3, -0.25) is 4.79 Å². The van der Waals surface area contributed by atoms with Crippen LogP contribution in [-0.2, 0) is 11.3 Å². The first-order valence-electron chi connectivity index (χ1n) is 9.55. The second kappa shape index (κ2) is 9.41. The maximum absolute atomic E-state index is 12.6. The Balaban J connectivity index is 1.35. The zero-order valence-corrected chi connectivity index (χ0v) is 18.6. The van der Waals surface area contributed by atoms with Crippen LogP contribution in [0.25, 0.3) is 22.2 Å². The van der Waals surface area contributed by atoms with Gasteiger partial charge in [-0.05, 0) is 52.7 Å². The average molecular weight is 454 g/mol. The Morgan fingerprint density at radius 1 is 1.10 bits per heavy atom. The molecular formula is C23H20ClN3O3S. The van der Waals surface area contributed by atoms with Crippen molar-refractivity contribution in [2.75, 3.05) is 19.9 Å². The number of methoxy groups -OCH3 is 1. The van der Waals surface area contributed by atoms with Gasteiger partial charge in [0.25, 0.3) is 5.22 Å². The van der Waals surface area contributed by atoms with Crippen LogP contribution in [0.5, 0.6) is 5.75 Å². The number of hydrogen-bond acceptors (Lipinski definition) is 6. The Labute approximate surface area is 189 Å². The lowest BCUT2D eigenvalue weighted by molar-refractivity contribution is -0.127. The molecule has 6 nitrogen and oxygen atoms in total. The van der Waals surface area contributed by atoms with E-state index in [0.717, 1.165) is 27.6 Å². The molecule has 8 heteroatoms. The summed E-state index contributed by atoms with van der Waals surface area (Å²) in [4.78, 5) is 14.3. The van der Waals surface area contributed by atoms with Gasteiger partial charge in [0.1, 0.15) is 5.75 Å². The van der Waals surface area contributed by atoms with Crippen LogP contribution < -0.4 is 4.74 Å². The van der Waals surface area contributed by atoms with Gasteiger partial charge in [0.2, 0.25) is 11.8 Å². The van der Waals surface area contributed by atoms with E-state index >= 15 is 0 Å². The number of rotatable bonds is 7. The standard InChI is InChI=1S/C23H20ClN3O3S/c1-27(13-15-6-7-17-12-20(29-2)9-8-16(17)10-15)21(28)14-31-23-26-25-22(30-23)18-4-3-5-19(24)11-18/h3-12H,13-14H2,1-2H3. The Morgan fingerprint density at radius 2 is 1.90 bits per heavy atom. The Kier molecular flexibility index (Phi) is 6.44. The van der Waals surface area contributed by atoms with E-state index in [1.807, 2.05) is 42.5 Å². The summed E-state index contributed by atoms with van der Waals surface area (Å²) < 4.78 is 10.9. The number of hydrogen-bond donors (Lipinski definition) is 0. The van der Waals surface area contributed by atoms with Crippen LogP contribution in [0.15, 0.2) is 70.3 Å². The molecule has 0 saturated heterocycles. The van der Waals surface area contributed by atoms with Gasteiger partial charge in [-0.25, -0.2) is 0 Å². The van der Waals surface area contributed by atoms with Crippen molar-refractivity contribution < 1.29 is 13.9 Å². The van der Waals surface area contributed by atoms with Crippen molar-refractivity contribution in [2.24, 2.45) is 0 Å². The number of halogens is 1. The summed E-state index contributed by atoms with van der Waals surface area (Å²) in [5, 5.41) is 11.2. The van der Waals surface area contributed by atoms with Crippen LogP contribution in [0.2, 0.25) is 5.02 Å². The molecule has 4 rings (SSSR count). The number of nitrogens with zero attached hydrogens (tertiary/aromatic N) is 3. The first kappa shape index (κ1) is 21.2. The number of thioether (sulfide) groups is 1. The monoisotopic (exact) mass is 453 g/mol. The zero-order chi connectivity index (χ0) is 21.8. The van der Waals surface area contributed by atoms with E-state index in [-0.39, 0.29) is 11.7 Å². The van der Waals surface area contributed by atoms with E-state index < -0.39 is 0 Å². The molecule has 4 aromatic rings. The predicted molar refractivity (Wildman–Crippen MR) is 122 cm³/mol. The molecule has 0 unspecified atom stereocenters. The maximum Gasteiger partial charge on any atom is 0.277 e. The molecule has 0 fully saturated rings. The van der Waals surface area contributed by atoms with Gasteiger partial charge < -0.3 is 14.1 Å². The van der Waals surface area contributed by atoms with Gasteiger partial charge in [-0.15, -0.1) is 10.2 Å². The van der Waals surface area contributed by atoms with Gasteiger partial charge >= 0.3 is 0 Å². The summed E-state index contributed by atoms with van der Waals surface area (Å²) in [6.07, 6.45) is 0. The maximum atomic E-state index is 12.6. The van der Waals surface area contributed by atoms with E-state index in [1.54, 1.807) is 31.2 Å². The molecular weight excluding hydrogens is 434 g/mol. The van der Waals surface area contributed by atoms with Crippen molar-refractivity contribution in [1.29, 1.82) is 0 Å². The minimum Gasteiger partial charge on any atom is -0.497 e. The normalized spacial score (nSPS) is 10.9. The molecule has 1 heterocycles. The third-order valence-corrected chi connectivity index (χ3v) is 5.79. The highest BCUT2D eigenvalue weighted by molar-refractivity contribution is 7.99. The molecule has 0 aliphatic carbocycles. The van der Waals surface area contributed by atoms with E-state index in [9.17, 15) is 4.79 Å². The first-order valence-corrected chi connectivity index (χ1v) is 10.9. The summed E-state index contributed by atoms with van der Waals surface area (Å²) in [5.74, 6) is 1.38. The average Bonchev–Trinajstić information content (AvgIpc) is 3.26. The molecule has 0 aliphatic rings. The zero-order valence-electron chi connectivity index (χ0n) is 17.0. The molecule has 158 valence electrons. The van der Waals surface area contributed by atoms with Crippen LogP contribution in [0.4, 0.5) is 0 Å². The fourth-order valence-electron chi connectivity index (χ4n) is 3.10. The molecule has 0 saturated carbocycles. The van der Waals surface area contributed by atoms with E-state index in [0.29, 0.717) is 22.7 Å². The summed E-state index contributed by atoms with van der Waals surface area (Å²) >= 11 is 7.22. The summed E-state index contributed by atoms with van der Waals surface area (Å²) in [5.41, 5.74) is 1.80. The second-order valence-corrected chi connectivity index (χ2v) is 8.33. The number of benzene rings is 3. The highest BCUT2D eigenvalue weighted by Crippen LogP contribution is 2.26. The van der Waals surface area contributed by atoms with Crippen molar-refractivity contribution in [2.45, 2.75) is 11.8 Å². The molecule has 0 bridgehead atoms. The molecule has 1 aromatic heterocycles. The minimum atomic E-state index is -0.0256. The molecule has 1 amide bonds. The quantitative estimate of drug-likeness (QED) is 0.353. The number of aromatic nitrogens is 2. The van der Waals surface area contributed by atoms with Crippen LogP contribution >= 0.6 is 23.4 Å². The minimum absolute atomic E-state index is 0.0256. The van der Waals surface area contributed by atoms with Crippen molar-refractivity contribution in [3.8, 4) is 17.2 Å². The van der Waals surface area contributed by atoms with Crippen LogP contribution in [0, 0.1) is 0 Å². The topological polar surface area (TPSA) is 68.5 Å². The Hall–Kier alpha value is -3.03.